The fourth-order valence-electron chi connectivity index (χ4n) is 4.98. The lowest BCUT2D eigenvalue weighted by molar-refractivity contribution is -0.0589. The summed E-state index contributed by atoms with van der Waals surface area (Å²) >= 11 is 6.27. The number of imidazole rings is 1. The Hall–Kier alpha value is -4.94. The lowest BCUT2D eigenvalue weighted by Gasteiger charge is -2.27. The first-order valence-electron chi connectivity index (χ1n) is 14.0. The third-order valence-corrected chi connectivity index (χ3v) is 7.85. The Balaban J connectivity index is 1.24. The Morgan fingerprint density at radius 2 is 1.93 bits per heavy atom. The molecule has 0 spiro atoms. The number of aromatic carboxylic acids is 1. The van der Waals surface area contributed by atoms with Gasteiger partial charge in [-0.05, 0) is 54.4 Å². The molecule has 0 radical (unpaired) electrons. The van der Waals surface area contributed by atoms with E-state index in [4.69, 9.17) is 21.1 Å². The van der Waals surface area contributed by atoms with Crippen LogP contribution < -0.4 is 10.1 Å². The second-order valence-corrected chi connectivity index (χ2v) is 10.8. The molecule has 0 aliphatic carbocycles. The van der Waals surface area contributed by atoms with E-state index in [1.54, 1.807) is 18.2 Å². The highest BCUT2D eigenvalue weighted by atomic mass is 35.5. The number of fused-ring (bicyclic) bond motifs is 1. The molecular weight excluding hydrogens is 608 g/mol. The molecule has 6 rings (SSSR count). The zero-order chi connectivity index (χ0) is 31.7. The highest BCUT2D eigenvalue weighted by Gasteiger charge is 2.24. The Morgan fingerprint density at radius 1 is 1.11 bits per heavy atom. The summed E-state index contributed by atoms with van der Waals surface area (Å²) in [7, 11) is 1.49. The van der Waals surface area contributed by atoms with Gasteiger partial charge in [0.2, 0.25) is 5.88 Å². The summed E-state index contributed by atoms with van der Waals surface area (Å²) in [6.07, 6.45) is 2.15. The van der Waals surface area contributed by atoms with Crippen LogP contribution in [0.15, 0.2) is 60.8 Å². The largest absolute Gasteiger partial charge is 0.478 e. The number of rotatable bonds is 10. The second-order valence-electron chi connectivity index (χ2n) is 10.4. The third-order valence-electron chi connectivity index (χ3n) is 7.50. The van der Waals surface area contributed by atoms with E-state index in [2.05, 4.69) is 20.3 Å². The number of nitrogens with one attached hydrogen (secondary N) is 1. The lowest BCUT2D eigenvalue weighted by Crippen LogP contribution is -2.31. The molecule has 1 aliphatic rings. The van der Waals surface area contributed by atoms with Crippen molar-refractivity contribution in [1.82, 2.24) is 24.8 Å². The summed E-state index contributed by atoms with van der Waals surface area (Å²) in [6, 6.07) is 12.9. The number of pyridine rings is 2. The maximum Gasteiger partial charge on any atom is 0.335 e. The molecule has 1 saturated heterocycles. The molecule has 0 saturated carbocycles. The number of aromatic nitrogens is 4. The predicted molar refractivity (Wildman–Crippen MR) is 160 cm³/mol. The van der Waals surface area contributed by atoms with Crippen molar-refractivity contribution >= 4 is 34.5 Å². The first kappa shape index (κ1) is 30.1. The van der Waals surface area contributed by atoms with Crippen molar-refractivity contribution in [3.05, 3.63) is 106 Å². The maximum atomic E-state index is 15.5. The number of carbonyl (C=O) groups excluding carboxylic acids is 1. The van der Waals surface area contributed by atoms with Gasteiger partial charge in [-0.1, -0.05) is 17.7 Å². The summed E-state index contributed by atoms with van der Waals surface area (Å²) < 4.78 is 44.1. The molecule has 0 unspecified atom stereocenters. The standard InChI is InChI=1S/C32H26ClF2N5O5/c1-36-31(41)27-13-22(33)19(14-37-27)16-45-30-4-2-3-25(39-30)21-12-23(34)18(9-24(21)35)11-29-38-26-6-5-17(32(42)43)10-28(26)40(29)15-20-7-8-44-20/h2-6,9-10,12-14,20H,7-8,11,15-16H2,1H3,(H,36,41)(H,42,43)/t20-/m0/s1. The Bertz CT molecular complexity index is 1950. The summed E-state index contributed by atoms with van der Waals surface area (Å²) in [5, 5.41) is 12.2. The van der Waals surface area contributed by atoms with Crippen LogP contribution in [-0.2, 0) is 24.3 Å². The Kier molecular flexibility index (Phi) is 8.42. The fourth-order valence-corrected chi connectivity index (χ4v) is 5.19. The van der Waals surface area contributed by atoms with Gasteiger partial charge in [-0.2, -0.15) is 0 Å². The van der Waals surface area contributed by atoms with E-state index >= 15 is 8.78 Å². The zero-order valence-electron chi connectivity index (χ0n) is 23.9. The lowest BCUT2D eigenvalue weighted by atomic mass is 10.0. The highest BCUT2D eigenvalue weighted by molar-refractivity contribution is 6.31. The number of hydrogen-bond acceptors (Lipinski definition) is 7. The van der Waals surface area contributed by atoms with Crippen LogP contribution >= 0.6 is 11.6 Å². The molecule has 1 atom stereocenters. The quantitative estimate of drug-likeness (QED) is 0.208. The topological polar surface area (TPSA) is 128 Å². The van der Waals surface area contributed by atoms with Crippen molar-refractivity contribution in [3.8, 4) is 17.1 Å². The van der Waals surface area contributed by atoms with Crippen molar-refractivity contribution < 1.29 is 33.0 Å². The molecule has 1 aliphatic heterocycles. The van der Waals surface area contributed by atoms with E-state index in [-0.39, 0.29) is 64.0 Å². The van der Waals surface area contributed by atoms with E-state index in [0.29, 0.717) is 35.6 Å². The minimum atomic E-state index is -1.07. The van der Waals surface area contributed by atoms with Crippen molar-refractivity contribution in [3.63, 3.8) is 0 Å². The number of hydrogen-bond donors (Lipinski definition) is 2. The number of nitrogens with zero attached hydrogens (tertiary/aromatic N) is 4. The molecule has 2 aromatic carbocycles. The van der Waals surface area contributed by atoms with E-state index in [0.717, 1.165) is 18.6 Å². The average molecular weight is 634 g/mol. The highest BCUT2D eigenvalue weighted by Crippen LogP contribution is 2.29. The molecular formula is C32H26ClF2N5O5. The van der Waals surface area contributed by atoms with Crippen molar-refractivity contribution in [1.29, 1.82) is 0 Å². The number of ether oxygens (including phenoxy) is 2. The van der Waals surface area contributed by atoms with Crippen LogP contribution in [0.4, 0.5) is 8.78 Å². The van der Waals surface area contributed by atoms with Crippen molar-refractivity contribution in [2.75, 3.05) is 13.7 Å². The third kappa shape index (κ3) is 6.33. The average Bonchev–Trinajstić information content (AvgIpc) is 3.35. The van der Waals surface area contributed by atoms with Gasteiger partial charge in [0.1, 0.15) is 29.8 Å². The van der Waals surface area contributed by atoms with Crippen LogP contribution in [0.25, 0.3) is 22.3 Å². The van der Waals surface area contributed by atoms with E-state index in [1.165, 1.54) is 37.5 Å². The van der Waals surface area contributed by atoms with Crippen molar-refractivity contribution in [2.24, 2.45) is 0 Å². The van der Waals surface area contributed by atoms with Crippen molar-refractivity contribution in [2.45, 2.75) is 32.1 Å². The van der Waals surface area contributed by atoms with Gasteiger partial charge in [0.05, 0.1) is 40.0 Å². The summed E-state index contributed by atoms with van der Waals surface area (Å²) in [5.74, 6) is -2.19. The summed E-state index contributed by atoms with van der Waals surface area (Å²) in [6.45, 7) is 1.02. The zero-order valence-corrected chi connectivity index (χ0v) is 24.6. The molecule has 1 amide bonds. The van der Waals surface area contributed by atoms with E-state index in [9.17, 15) is 14.7 Å². The molecule has 3 aromatic heterocycles. The van der Waals surface area contributed by atoms with Crippen LogP contribution in [0, 0.1) is 11.6 Å². The normalized spacial score (nSPS) is 14.3. The van der Waals surface area contributed by atoms with Gasteiger partial charge in [0, 0.05) is 43.5 Å². The Morgan fingerprint density at radius 3 is 2.64 bits per heavy atom. The molecule has 5 aromatic rings. The smallest absolute Gasteiger partial charge is 0.335 e. The molecule has 1 fully saturated rings. The molecule has 0 bridgehead atoms. The van der Waals surface area contributed by atoms with Gasteiger partial charge in [0.25, 0.3) is 5.91 Å². The van der Waals surface area contributed by atoms with Gasteiger partial charge in [-0.15, -0.1) is 0 Å². The minimum Gasteiger partial charge on any atom is -0.478 e. The molecule has 2 N–H and O–H groups in total. The van der Waals surface area contributed by atoms with Crippen LogP contribution in [0.5, 0.6) is 5.88 Å². The van der Waals surface area contributed by atoms with Gasteiger partial charge in [0.15, 0.2) is 0 Å². The van der Waals surface area contributed by atoms with Gasteiger partial charge >= 0.3 is 5.97 Å². The number of benzene rings is 2. The first-order chi connectivity index (χ1) is 21.7. The fraction of sp³-hybridized carbons (Fsp3) is 0.219. The van der Waals surface area contributed by atoms with Crippen LogP contribution in [0.2, 0.25) is 5.02 Å². The molecule has 45 heavy (non-hydrogen) atoms. The second kappa shape index (κ2) is 12.6. The molecule has 13 heteroatoms. The maximum absolute atomic E-state index is 15.5. The van der Waals surface area contributed by atoms with Crippen LogP contribution in [0.3, 0.4) is 0 Å². The van der Waals surface area contributed by atoms with E-state index in [1.807, 2.05) is 4.57 Å². The minimum absolute atomic E-state index is 0.0209. The van der Waals surface area contributed by atoms with Gasteiger partial charge in [-0.25, -0.2) is 23.5 Å². The first-order valence-corrected chi connectivity index (χ1v) is 14.4. The number of carbonyl (C=O) groups is 2. The SMILES string of the molecule is CNC(=O)c1cc(Cl)c(COc2cccc(-c3cc(F)c(Cc4nc5ccc(C(=O)O)cc5n4C[C@@H]4CCO4)cc3F)n2)cn1. The van der Waals surface area contributed by atoms with Gasteiger partial charge < -0.3 is 24.5 Å². The number of carboxylic acid groups (broad SMARTS) is 1. The summed E-state index contributed by atoms with van der Waals surface area (Å²) in [4.78, 5) is 36.4. The van der Waals surface area contributed by atoms with Crippen LogP contribution in [-0.4, -0.2) is 56.3 Å². The molecule has 4 heterocycles. The van der Waals surface area contributed by atoms with Gasteiger partial charge in [-0.3, -0.25) is 9.78 Å². The summed E-state index contributed by atoms with van der Waals surface area (Å²) in [5.41, 5.74) is 2.07. The number of halogens is 3. The van der Waals surface area contributed by atoms with E-state index < -0.39 is 17.6 Å². The van der Waals surface area contributed by atoms with Crippen LogP contribution in [0.1, 0.15) is 44.2 Å². The number of amides is 1. The Labute approximate surface area is 260 Å². The molecule has 10 nitrogen and oxygen atoms in total. The number of carboxylic acids is 1. The predicted octanol–water partition coefficient (Wildman–Crippen LogP) is 5.44. The molecule has 230 valence electrons. The monoisotopic (exact) mass is 633 g/mol.